The van der Waals surface area contributed by atoms with E-state index in [9.17, 15) is 10.1 Å². The minimum absolute atomic E-state index is 0.0368. The van der Waals surface area contributed by atoms with Crippen LogP contribution in [-0.4, -0.2) is 42.0 Å². The summed E-state index contributed by atoms with van der Waals surface area (Å²) in [6.07, 6.45) is 1.59. The highest BCUT2D eigenvalue weighted by molar-refractivity contribution is 6.31. The topological polar surface area (TPSA) is 60.2 Å². The van der Waals surface area contributed by atoms with Gasteiger partial charge >= 0.3 is 0 Å². The monoisotopic (exact) mass is 410 g/mol. The second-order valence-corrected chi connectivity index (χ2v) is 7.46. The third kappa shape index (κ3) is 3.49. The molecule has 2 heterocycles. The standard InChI is InChI=1S/C21H16Cl2N4O/c22-16-3-1-2-14(10-16)21(28)27-8-6-26(7-9-27)20-15(12-24)13-25-19-5-4-17(23)11-18(19)20/h1-5,10-11,13H,6-9H2. The summed E-state index contributed by atoms with van der Waals surface area (Å²) >= 11 is 12.2. The molecular weight excluding hydrogens is 395 g/mol. The zero-order valence-corrected chi connectivity index (χ0v) is 16.4. The van der Waals surface area contributed by atoms with Crippen molar-refractivity contribution in [1.82, 2.24) is 9.88 Å². The number of aromatic nitrogens is 1. The van der Waals surface area contributed by atoms with E-state index in [1.54, 1.807) is 36.5 Å². The molecule has 2 aromatic carbocycles. The number of anilines is 1. The molecule has 0 saturated carbocycles. The van der Waals surface area contributed by atoms with Crippen molar-refractivity contribution in [2.75, 3.05) is 31.1 Å². The molecule has 28 heavy (non-hydrogen) atoms. The molecule has 1 fully saturated rings. The average Bonchev–Trinajstić information content (AvgIpc) is 2.72. The van der Waals surface area contributed by atoms with E-state index in [1.807, 2.05) is 17.0 Å². The van der Waals surface area contributed by atoms with Gasteiger partial charge in [-0.25, -0.2) is 0 Å². The first-order valence-corrected chi connectivity index (χ1v) is 9.60. The van der Waals surface area contributed by atoms with Crippen molar-refractivity contribution >= 4 is 45.7 Å². The summed E-state index contributed by atoms with van der Waals surface area (Å²) in [6.45, 7) is 2.35. The lowest BCUT2D eigenvalue weighted by molar-refractivity contribution is 0.0747. The molecule has 0 unspecified atom stereocenters. The number of benzene rings is 2. The van der Waals surface area contributed by atoms with Crippen molar-refractivity contribution in [3.05, 3.63) is 69.8 Å². The molecule has 0 N–H and O–H groups in total. The Morgan fingerprint density at radius 2 is 1.79 bits per heavy atom. The maximum Gasteiger partial charge on any atom is 0.254 e. The average molecular weight is 411 g/mol. The fourth-order valence-corrected chi connectivity index (χ4v) is 3.87. The molecule has 1 saturated heterocycles. The predicted octanol–water partition coefficient (Wildman–Crippen LogP) is 4.38. The highest BCUT2D eigenvalue weighted by atomic mass is 35.5. The van der Waals surface area contributed by atoms with E-state index in [1.165, 1.54) is 0 Å². The van der Waals surface area contributed by atoms with Gasteiger partial charge < -0.3 is 9.80 Å². The molecule has 3 aromatic rings. The quantitative estimate of drug-likeness (QED) is 0.628. The van der Waals surface area contributed by atoms with Crippen molar-refractivity contribution in [3.63, 3.8) is 0 Å². The summed E-state index contributed by atoms with van der Waals surface area (Å²) in [5.41, 5.74) is 2.70. The number of carbonyl (C=O) groups excluding carboxylic acids is 1. The van der Waals surface area contributed by atoms with Gasteiger partial charge in [0.25, 0.3) is 5.91 Å². The van der Waals surface area contributed by atoms with E-state index in [0.29, 0.717) is 47.4 Å². The van der Waals surface area contributed by atoms with Crippen LogP contribution in [0.15, 0.2) is 48.7 Å². The number of pyridine rings is 1. The predicted molar refractivity (Wildman–Crippen MR) is 111 cm³/mol. The highest BCUT2D eigenvalue weighted by Crippen LogP contribution is 2.32. The third-order valence-corrected chi connectivity index (χ3v) is 5.35. The largest absolute Gasteiger partial charge is 0.366 e. The van der Waals surface area contributed by atoms with Crippen LogP contribution in [0.1, 0.15) is 15.9 Å². The zero-order valence-electron chi connectivity index (χ0n) is 14.9. The minimum Gasteiger partial charge on any atom is -0.366 e. The number of halogens is 2. The fraction of sp³-hybridized carbons (Fsp3) is 0.190. The van der Waals surface area contributed by atoms with Crippen molar-refractivity contribution in [2.45, 2.75) is 0 Å². The number of nitriles is 1. The number of piperazine rings is 1. The maximum absolute atomic E-state index is 12.7. The zero-order chi connectivity index (χ0) is 19.7. The van der Waals surface area contributed by atoms with Crippen molar-refractivity contribution in [2.24, 2.45) is 0 Å². The van der Waals surface area contributed by atoms with E-state index >= 15 is 0 Å². The van der Waals surface area contributed by atoms with Crippen LogP contribution in [0.4, 0.5) is 5.69 Å². The van der Waals surface area contributed by atoms with Gasteiger partial charge in [-0.2, -0.15) is 5.26 Å². The smallest absolute Gasteiger partial charge is 0.254 e. The number of carbonyl (C=O) groups is 1. The van der Waals surface area contributed by atoms with Gasteiger partial charge in [0.2, 0.25) is 0 Å². The molecule has 1 amide bonds. The molecule has 140 valence electrons. The number of fused-ring (bicyclic) bond motifs is 1. The van der Waals surface area contributed by atoms with Crippen LogP contribution in [0, 0.1) is 11.3 Å². The molecule has 7 heteroatoms. The molecule has 1 aromatic heterocycles. The lowest BCUT2D eigenvalue weighted by Crippen LogP contribution is -2.49. The Morgan fingerprint density at radius 3 is 2.50 bits per heavy atom. The van der Waals surface area contributed by atoms with E-state index in [-0.39, 0.29) is 5.91 Å². The summed E-state index contributed by atoms with van der Waals surface area (Å²) in [5, 5.41) is 11.6. The molecule has 0 aliphatic carbocycles. The SMILES string of the molecule is N#Cc1cnc2ccc(Cl)cc2c1N1CCN(C(=O)c2cccc(Cl)c2)CC1. The van der Waals surface area contributed by atoms with Gasteiger partial charge in [-0.3, -0.25) is 9.78 Å². The van der Waals surface area contributed by atoms with Gasteiger partial charge in [0.05, 0.1) is 16.8 Å². The number of hydrogen-bond acceptors (Lipinski definition) is 4. The molecule has 1 aliphatic heterocycles. The van der Waals surface area contributed by atoms with Crippen LogP contribution < -0.4 is 4.90 Å². The Labute approximate surface area is 172 Å². The van der Waals surface area contributed by atoms with Crippen molar-refractivity contribution < 1.29 is 4.79 Å². The van der Waals surface area contributed by atoms with Crippen LogP contribution >= 0.6 is 23.2 Å². The van der Waals surface area contributed by atoms with Gasteiger partial charge in [0, 0.05) is 53.4 Å². The number of nitrogens with zero attached hydrogens (tertiary/aromatic N) is 4. The summed E-state index contributed by atoms with van der Waals surface area (Å²) in [6, 6.07) is 14.7. The Kier molecular flexibility index (Phi) is 5.08. The number of amides is 1. The van der Waals surface area contributed by atoms with Gasteiger partial charge in [0.15, 0.2) is 0 Å². The summed E-state index contributed by atoms with van der Waals surface area (Å²) in [5.74, 6) is -0.0368. The summed E-state index contributed by atoms with van der Waals surface area (Å²) < 4.78 is 0. The Balaban J connectivity index is 1.60. The van der Waals surface area contributed by atoms with Gasteiger partial charge in [-0.15, -0.1) is 0 Å². The lowest BCUT2D eigenvalue weighted by atomic mass is 10.1. The molecule has 0 spiro atoms. The first-order valence-electron chi connectivity index (χ1n) is 8.85. The minimum atomic E-state index is -0.0368. The molecule has 4 rings (SSSR count). The molecule has 0 bridgehead atoms. The van der Waals surface area contributed by atoms with E-state index in [0.717, 1.165) is 16.6 Å². The number of hydrogen-bond donors (Lipinski definition) is 0. The molecule has 0 atom stereocenters. The summed E-state index contributed by atoms with van der Waals surface area (Å²) in [4.78, 5) is 21.0. The fourth-order valence-electron chi connectivity index (χ4n) is 3.51. The second-order valence-electron chi connectivity index (χ2n) is 6.58. The Hall–Kier alpha value is -2.81. The Morgan fingerprint density at radius 1 is 1.04 bits per heavy atom. The highest BCUT2D eigenvalue weighted by Gasteiger charge is 2.25. The third-order valence-electron chi connectivity index (χ3n) is 4.88. The first kappa shape index (κ1) is 18.5. The van der Waals surface area contributed by atoms with E-state index in [4.69, 9.17) is 23.2 Å². The van der Waals surface area contributed by atoms with Crippen LogP contribution in [0.25, 0.3) is 10.9 Å². The van der Waals surface area contributed by atoms with Gasteiger partial charge in [-0.1, -0.05) is 29.3 Å². The lowest BCUT2D eigenvalue weighted by Gasteiger charge is -2.37. The maximum atomic E-state index is 12.7. The van der Waals surface area contributed by atoms with Crippen molar-refractivity contribution in [3.8, 4) is 6.07 Å². The second kappa shape index (κ2) is 7.67. The van der Waals surface area contributed by atoms with Crippen LogP contribution in [0.3, 0.4) is 0 Å². The summed E-state index contributed by atoms with van der Waals surface area (Å²) in [7, 11) is 0. The van der Waals surface area contributed by atoms with Crippen LogP contribution in [0.2, 0.25) is 10.0 Å². The molecule has 1 aliphatic rings. The van der Waals surface area contributed by atoms with E-state index in [2.05, 4.69) is 16.0 Å². The Bertz CT molecular complexity index is 1100. The van der Waals surface area contributed by atoms with Crippen LogP contribution in [0.5, 0.6) is 0 Å². The number of rotatable bonds is 2. The van der Waals surface area contributed by atoms with Gasteiger partial charge in [0.1, 0.15) is 6.07 Å². The van der Waals surface area contributed by atoms with E-state index < -0.39 is 0 Å². The molecule has 0 radical (unpaired) electrons. The molecular formula is C21H16Cl2N4O. The normalized spacial score (nSPS) is 14.2. The van der Waals surface area contributed by atoms with Gasteiger partial charge in [-0.05, 0) is 36.4 Å². The van der Waals surface area contributed by atoms with Crippen LogP contribution in [-0.2, 0) is 0 Å². The first-order chi connectivity index (χ1) is 13.6. The molecule has 5 nitrogen and oxygen atoms in total. The van der Waals surface area contributed by atoms with Crippen molar-refractivity contribution in [1.29, 1.82) is 5.26 Å².